The van der Waals surface area contributed by atoms with Crippen LogP contribution in [0.5, 0.6) is 0 Å². The smallest absolute Gasteiger partial charge is 0.194 e. The van der Waals surface area contributed by atoms with Crippen molar-refractivity contribution in [2.24, 2.45) is 4.99 Å². The van der Waals surface area contributed by atoms with E-state index < -0.39 is 0 Å². The number of halogens is 1. The van der Waals surface area contributed by atoms with Gasteiger partial charge in [-0.25, -0.2) is 4.39 Å². The molecule has 25 heavy (non-hydrogen) atoms. The van der Waals surface area contributed by atoms with Gasteiger partial charge in [0, 0.05) is 20.1 Å². The third kappa shape index (κ3) is 5.60. The summed E-state index contributed by atoms with van der Waals surface area (Å²) in [6.07, 6.45) is 1.68. The van der Waals surface area contributed by atoms with Crippen molar-refractivity contribution in [2.75, 3.05) is 34.2 Å². The van der Waals surface area contributed by atoms with E-state index in [1.807, 2.05) is 51.2 Å². The average molecular weight is 346 g/mol. The molecule has 1 N–H and O–H groups in total. The molecule has 2 rings (SSSR count). The summed E-state index contributed by atoms with van der Waals surface area (Å²) in [5.74, 6) is 1.45. The van der Waals surface area contributed by atoms with Gasteiger partial charge in [0.15, 0.2) is 5.96 Å². The molecule has 136 valence electrons. The Morgan fingerprint density at radius 1 is 1.24 bits per heavy atom. The van der Waals surface area contributed by atoms with Crippen LogP contribution >= 0.6 is 0 Å². The van der Waals surface area contributed by atoms with Gasteiger partial charge in [-0.2, -0.15) is 0 Å². The summed E-state index contributed by atoms with van der Waals surface area (Å²) in [5.41, 5.74) is 0.906. The quantitative estimate of drug-likeness (QED) is 0.618. The zero-order valence-corrected chi connectivity index (χ0v) is 15.4. The normalized spacial score (nSPS) is 13.1. The first-order valence-electron chi connectivity index (χ1n) is 8.45. The van der Waals surface area contributed by atoms with Gasteiger partial charge >= 0.3 is 0 Å². The molecule has 1 atom stereocenters. The molecule has 1 unspecified atom stereocenters. The van der Waals surface area contributed by atoms with E-state index in [2.05, 4.69) is 10.2 Å². The zero-order valence-electron chi connectivity index (χ0n) is 15.4. The lowest BCUT2D eigenvalue weighted by molar-refractivity contribution is 0.264. The molecule has 0 bridgehead atoms. The number of aliphatic imine (C=N–C) groups is 1. The maximum absolute atomic E-state index is 13.4. The predicted molar refractivity (Wildman–Crippen MR) is 99.0 cm³/mol. The second-order valence-corrected chi connectivity index (χ2v) is 6.18. The maximum Gasteiger partial charge on any atom is 0.194 e. The summed E-state index contributed by atoms with van der Waals surface area (Å²) < 4.78 is 18.9. The minimum absolute atomic E-state index is 0.0613. The zero-order chi connectivity index (χ0) is 18.2. The van der Waals surface area contributed by atoms with E-state index in [4.69, 9.17) is 9.41 Å². The number of likely N-dealkylation sites (N-methyl/N-ethyl adjacent to an activating group) is 1. The van der Waals surface area contributed by atoms with Gasteiger partial charge in [-0.05, 0) is 50.8 Å². The molecule has 0 aliphatic carbocycles. The molecule has 0 saturated heterocycles. The molecule has 0 saturated carbocycles. The Morgan fingerprint density at radius 3 is 2.64 bits per heavy atom. The largest absolute Gasteiger partial charge is 0.468 e. The molecule has 0 radical (unpaired) electrons. The van der Waals surface area contributed by atoms with E-state index in [-0.39, 0.29) is 11.9 Å². The van der Waals surface area contributed by atoms with Crippen molar-refractivity contribution in [2.45, 2.75) is 19.5 Å². The second kappa shape index (κ2) is 9.22. The van der Waals surface area contributed by atoms with Crippen LogP contribution in [-0.4, -0.2) is 50.0 Å². The number of furan rings is 1. The molecular formula is C19H27FN4O. The first kappa shape index (κ1) is 19.0. The number of hydrogen-bond donors (Lipinski definition) is 1. The SMILES string of the molecule is CCNC(=NCC(c1ccco1)N(C)C)N(C)Cc1cccc(F)c1. The van der Waals surface area contributed by atoms with Gasteiger partial charge in [-0.1, -0.05) is 12.1 Å². The van der Waals surface area contributed by atoms with Gasteiger partial charge < -0.3 is 14.6 Å². The first-order chi connectivity index (χ1) is 12.0. The third-order valence-electron chi connectivity index (χ3n) is 3.91. The fraction of sp³-hybridized carbons (Fsp3) is 0.421. The molecule has 5 nitrogen and oxygen atoms in total. The van der Waals surface area contributed by atoms with Crippen molar-refractivity contribution in [1.82, 2.24) is 15.1 Å². The Balaban J connectivity index is 2.10. The highest BCUT2D eigenvalue weighted by Crippen LogP contribution is 2.19. The Morgan fingerprint density at radius 2 is 2.04 bits per heavy atom. The van der Waals surface area contributed by atoms with Crippen LogP contribution in [0, 0.1) is 5.82 Å². The summed E-state index contributed by atoms with van der Waals surface area (Å²) >= 11 is 0. The summed E-state index contributed by atoms with van der Waals surface area (Å²) in [4.78, 5) is 8.82. The summed E-state index contributed by atoms with van der Waals surface area (Å²) in [5, 5.41) is 3.29. The first-order valence-corrected chi connectivity index (χ1v) is 8.45. The highest BCUT2D eigenvalue weighted by Gasteiger charge is 2.17. The van der Waals surface area contributed by atoms with Crippen LogP contribution in [-0.2, 0) is 6.54 Å². The highest BCUT2D eigenvalue weighted by atomic mass is 19.1. The van der Waals surface area contributed by atoms with Gasteiger partial charge in [-0.15, -0.1) is 0 Å². The Kier molecular flexibility index (Phi) is 7.01. The van der Waals surface area contributed by atoms with E-state index in [1.54, 1.807) is 18.4 Å². The molecule has 1 aromatic carbocycles. The van der Waals surface area contributed by atoms with Crippen LogP contribution in [0.3, 0.4) is 0 Å². The fourth-order valence-electron chi connectivity index (χ4n) is 2.62. The number of nitrogens with one attached hydrogen (secondary N) is 1. The van der Waals surface area contributed by atoms with E-state index in [0.717, 1.165) is 23.8 Å². The van der Waals surface area contributed by atoms with Crippen molar-refractivity contribution in [1.29, 1.82) is 0 Å². The van der Waals surface area contributed by atoms with Crippen LogP contribution in [0.15, 0.2) is 52.1 Å². The lowest BCUT2D eigenvalue weighted by Crippen LogP contribution is -2.39. The lowest BCUT2D eigenvalue weighted by Gasteiger charge is -2.25. The number of rotatable bonds is 7. The Labute approximate surface area is 149 Å². The molecular weight excluding hydrogens is 319 g/mol. The fourth-order valence-corrected chi connectivity index (χ4v) is 2.62. The standard InChI is InChI=1S/C19H27FN4O/c1-5-21-19(24(4)14-15-8-6-9-16(20)12-15)22-13-17(23(2)3)18-10-7-11-25-18/h6-12,17H,5,13-14H2,1-4H3,(H,21,22). The minimum atomic E-state index is -0.224. The maximum atomic E-state index is 13.4. The monoisotopic (exact) mass is 346 g/mol. The molecule has 2 aromatic rings. The minimum Gasteiger partial charge on any atom is -0.468 e. The van der Waals surface area contributed by atoms with Crippen LogP contribution < -0.4 is 5.32 Å². The third-order valence-corrected chi connectivity index (χ3v) is 3.91. The van der Waals surface area contributed by atoms with Gasteiger partial charge in [0.05, 0.1) is 18.8 Å². The number of nitrogens with zero attached hydrogens (tertiary/aromatic N) is 3. The van der Waals surface area contributed by atoms with E-state index in [9.17, 15) is 4.39 Å². The molecule has 0 fully saturated rings. The number of guanidine groups is 1. The summed E-state index contributed by atoms with van der Waals surface area (Å²) in [6.45, 7) is 3.94. The van der Waals surface area contributed by atoms with Gasteiger partial charge in [-0.3, -0.25) is 9.89 Å². The molecule has 1 heterocycles. The molecule has 0 aliphatic rings. The molecule has 0 spiro atoms. The summed E-state index contributed by atoms with van der Waals surface area (Å²) in [7, 11) is 5.96. The van der Waals surface area contributed by atoms with Crippen molar-refractivity contribution in [3.05, 3.63) is 59.8 Å². The Hall–Kier alpha value is -2.34. The van der Waals surface area contributed by atoms with Gasteiger partial charge in [0.2, 0.25) is 0 Å². The average Bonchev–Trinajstić information content (AvgIpc) is 3.08. The predicted octanol–water partition coefficient (Wildman–Crippen LogP) is 3.12. The molecule has 0 amide bonds. The topological polar surface area (TPSA) is 44.0 Å². The van der Waals surface area contributed by atoms with E-state index in [1.165, 1.54) is 6.07 Å². The van der Waals surface area contributed by atoms with Crippen molar-refractivity contribution < 1.29 is 8.81 Å². The van der Waals surface area contributed by atoms with Gasteiger partial charge in [0.25, 0.3) is 0 Å². The number of benzene rings is 1. The van der Waals surface area contributed by atoms with E-state index >= 15 is 0 Å². The Bertz CT molecular complexity index is 670. The number of hydrogen-bond acceptors (Lipinski definition) is 3. The van der Waals surface area contributed by atoms with Gasteiger partial charge in [0.1, 0.15) is 11.6 Å². The molecule has 1 aromatic heterocycles. The molecule has 6 heteroatoms. The van der Waals surface area contributed by atoms with Crippen molar-refractivity contribution >= 4 is 5.96 Å². The van der Waals surface area contributed by atoms with E-state index in [0.29, 0.717) is 13.1 Å². The highest BCUT2D eigenvalue weighted by molar-refractivity contribution is 5.79. The molecule has 0 aliphatic heterocycles. The van der Waals surface area contributed by atoms with Crippen molar-refractivity contribution in [3.63, 3.8) is 0 Å². The lowest BCUT2D eigenvalue weighted by atomic mass is 10.2. The van der Waals surface area contributed by atoms with Crippen LogP contribution in [0.2, 0.25) is 0 Å². The second-order valence-electron chi connectivity index (χ2n) is 6.18. The van der Waals surface area contributed by atoms with Crippen LogP contribution in [0.4, 0.5) is 4.39 Å². The van der Waals surface area contributed by atoms with Crippen molar-refractivity contribution in [3.8, 4) is 0 Å². The summed E-state index contributed by atoms with van der Waals surface area (Å²) in [6, 6.07) is 10.5. The van der Waals surface area contributed by atoms with Crippen LogP contribution in [0.1, 0.15) is 24.3 Å². The van der Waals surface area contributed by atoms with Crippen LogP contribution in [0.25, 0.3) is 0 Å².